The Kier molecular flexibility index (Phi) is 4.92. The fraction of sp³-hybridized carbons (Fsp3) is 0.0500. The van der Waals surface area contributed by atoms with Crippen LogP contribution in [0.25, 0.3) is 10.8 Å². The summed E-state index contributed by atoms with van der Waals surface area (Å²) >= 11 is 0. The van der Waals surface area contributed by atoms with Crippen molar-refractivity contribution < 1.29 is 15.0 Å². The summed E-state index contributed by atoms with van der Waals surface area (Å²) in [6, 6.07) is 17.0. The molecule has 0 aliphatic heterocycles. The molecule has 3 aromatic carbocycles. The minimum absolute atomic E-state index is 0.0206. The van der Waals surface area contributed by atoms with Gasteiger partial charge in [-0.3, -0.25) is 4.79 Å². The number of amides is 1. The lowest BCUT2D eigenvalue weighted by Gasteiger charge is -2.06. The average Bonchev–Trinajstić information content (AvgIpc) is 2.67. The van der Waals surface area contributed by atoms with Gasteiger partial charge in [0.05, 0.1) is 18.4 Å². The number of aliphatic hydroxyl groups excluding tert-OH is 1. The molecule has 3 aromatic rings. The Morgan fingerprint density at radius 1 is 1.15 bits per heavy atom. The molecule has 0 saturated heterocycles. The highest BCUT2D eigenvalue weighted by Gasteiger charge is 2.08. The summed E-state index contributed by atoms with van der Waals surface area (Å²) in [5.74, 6) is -0.669. The van der Waals surface area contributed by atoms with Gasteiger partial charge in [-0.05, 0) is 34.5 Å². The average molecular weight is 345 g/mol. The van der Waals surface area contributed by atoms with Crippen LogP contribution in [0.5, 0.6) is 5.75 Å². The Labute approximate surface area is 149 Å². The normalized spacial score (nSPS) is 10.8. The zero-order valence-corrected chi connectivity index (χ0v) is 13.7. The lowest BCUT2D eigenvalue weighted by molar-refractivity contribution is 0.0955. The lowest BCUT2D eigenvalue weighted by Crippen LogP contribution is -2.17. The third-order valence-electron chi connectivity index (χ3n) is 3.97. The van der Waals surface area contributed by atoms with E-state index in [1.54, 1.807) is 0 Å². The maximum Gasteiger partial charge on any atom is 0.271 e. The van der Waals surface area contributed by atoms with Gasteiger partial charge in [0.15, 0.2) is 0 Å². The van der Waals surface area contributed by atoms with Gasteiger partial charge in [0.25, 0.3) is 5.91 Å². The predicted octanol–water partition coefficient (Wildman–Crippen LogP) is 2.67. The Bertz CT molecular complexity index is 1050. The molecule has 3 N–H and O–H groups in total. The van der Waals surface area contributed by atoms with Gasteiger partial charge < -0.3 is 10.2 Å². The van der Waals surface area contributed by atoms with Crippen LogP contribution in [-0.4, -0.2) is 22.3 Å². The Hall–Kier alpha value is -3.69. The van der Waals surface area contributed by atoms with Crippen molar-refractivity contribution in [1.29, 1.82) is 5.26 Å². The molecule has 0 aliphatic carbocycles. The molecule has 0 radical (unpaired) electrons. The third kappa shape index (κ3) is 3.38. The molecule has 0 spiro atoms. The number of nitrogens with zero attached hydrogens (tertiary/aromatic N) is 2. The van der Waals surface area contributed by atoms with Crippen molar-refractivity contribution in [2.24, 2.45) is 5.10 Å². The molecule has 0 saturated carbocycles. The van der Waals surface area contributed by atoms with E-state index in [2.05, 4.69) is 10.5 Å². The maximum absolute atomic E-state index is 12.1. The first-order valence-electron chi connectivity index (χ1n) is 7.82. The highest BCUT2D eigenvalue weighted by molar-refractivity contribution is 6.01. The van der Waals surface area contributed by atoms with E-state index in [1.165, 1.54) is 24.4 Å². The van der Waals surface area contributed by atoms with Crippen LogP contribution in [0.3, 0.4) is 0 Å². The molecular weight excluding hydrogens is 330 g/mol. The van der Waals surface area contributed by atoms with Gasteiger partial charge in [-0.1, -0.05) is 36.4 Å². The van der Waals surface area contributed by atoms with Gasteiger partial charge in [-0.25, -0.2) is 5.43 Å². The monoisotopic (exact) mass is 345 g/mol. The number of hydrogen-bond donors (Lipinski definition) is 3. The number of carbonyl (C=O) groups excluding carboxylic acids is 1. The summed E-state index contributed by atoms with van der Waals surface area (Å²) in [5.41, 5.74) is 4.25. The first kappa shape index (κ1) is 17.1. The van der Waals surface area contributed by atoms with Crippen molar-refractivity contribution in [2.45, 2.75) is 6.61 Å². The van der Waals surface area contributed by atoms with Crippen molar-refractivity contribution in [3.8, 4) is 11.8 Å². The smallest absolute Gasteiger partial charge is 0.271 e. The summed E-state index contributed by atoms with van der Waals surface area (Å²) in [7, 11) is 0. The van der Waals surface area contributed by atoms with Gasteiger partial charge in [-0.15, -0.1) is 0 Å². The third-order valence-corrected chi connectivity index (χ3v) is 3.97. The first-order chi connectivity index (χ1) is 12.6. The molecule has 0 unspecified atom stereocenters. The number of rotatable bonds is 4. The van der Waals surface area contributed by atoms with Crippen molar-refractivity contribution in [2.75, 3.05) is 0 Å². The number of nitriles is 1. The van der Waals surface area contributed by atoms with Gasteiger partial charge in [0, 0.05) is 11.1 Å². The minimum atomic E-state index is -0.492. The van der Waals surface area contributed by atoms with Crippen LogP contribution >= 0.6 is 0 Å². The SMILES string of the molecule is N#Cc1cc(C(=O)NN=Cc2cccc3c(CO)cccc23)ccc1O. The highest BCUT2D eigenvalue weighted by atomic mass is 16.3. The second-order valence-electron chi connectivity index (χ2n) is 5.56. The van der Waals surface area contributed by atoms with E-state index in [-0.39, 0.29) is 23.5 Å². The molecule has 26 heavy (non-hydrogen) atoms. The number of carbonyl (C=O) groups is 1. The molecule has 0 aliphatic rings. The molecule has 6 heteroatoms. The molecule has 0 fully saturated rings. The van der Waals surface area contributed by atoms with Crippen LogP contribution < -0.4 is 5.43 Å². The number of fused-ring (bicyclic) bond motifs is 1. The molecule has 1 amide bonds. The fourth-order valence-electron chi connectivity index (χ4n) is 2.64. The molecule has 128 valence electrons. The van der Waals surface area contributed by atoms with Crippen LogP contribution in [0.4, 0.5) is 0 Å². The van der Waals surface area contributed by atoms with E-state index in [1.807, 2.05) is 42.5 Å². The van der Waals surface area contributed by atoms with E-state index >= 15 is 0 Å². The molecule has 0 bridgehead atoms. The number of aliphatic hydroxyl groups is 1. The van der Waals surface area contributed by atoms with Crippen LogP contribution in [0, 0.1) is 11.3 Å². The summed E-state index contributed by atoms with van der Waals surface area (Å²) in [4.78, 5) is 12.1. The van der Waals surface area contributed by atoms with Crippen molar-refractivity contribution in [3.05, 3.63) is 76.9 Å². The summed E-state index contributed by atoms with van der Waals surface area (Å²) in [6.07, 6.45) is 1.52. The fourth-order valence-corrected chi connectivity index (χ4v) is 2.64. The second kappa shape index (κ2) is 7.47. The van der Waals surface area contributed by atoms with Crippen LogP contribution in [0.1, 0.15) is 27.0 Å². The Morgan fingerprint density at radius 2 is 1.92 bits per heavy atom. The van der Waals surface area contributed by atoms with Gasteiger partial charge in [-0.2, -0.15) is 10.4 Å². The summed E-state index contributed by atoms with van der Waals surface area (Å²) < 4.78 is 0. The Morgan fingerprint density at radius 3 is 2.69 bits per heavy atom. The zero-order chi connectivity index (χ0) is 18.5. The van der Waals surface area contributed by atoms with Gasteiger partial charge in [0.1, 0.15) is 11.8 Å². The van der Waals surface area contributed by atoms with Gasteiger partial charge in [0.2, 0.25) is 0 Å². The topological polar surface area (TPSA) is 106 Å². The zero-order valence-electron chi connectivity index (χ0n) is 13.7. The van der Waals surface area contributed by atoms with E-state index < -0.39 is 5.91 Å². The maximum atomic E-state index is 12.1. The molecule has 0 aromatic heterocycles. The van der Waals surface area contributed by atoms with Gasteiger partial charge >= 0.3 is 0 Å². The minimum Gasteiger partial charge on any atom is -0.507 e. The number of benzene rings is 3. The van der Waals surface area contributed by atoms with Crippen molar-refractivity contribution >= 4 is 22.9 Å². The summed E-state index contributed by atoms with van der Waals surface area (Å²) in [5, 5.41) is 33.6. The van der Waals surface area contributed by atoms with E-state index in [0.717, 1.165) is 21.9 Å². The highest BCUT2D eigenvalue weighted by Crippen LogP contribution is 2.21. The molecule has 0 atom stereocenters. The molecule has 6 nitrogen and oxygen atoms in total. The van der Waals surface area contributed by atoms with Crippen LogP contribution in [0.15, 0.2) is 59.7 Å². The lowest BCUT2D eigenvalue weighted by atomic mass is 10.0. The summed E-state index contributed by atoms with van der Waals surface area (Å²) in [6.45, 7) is -0.0588. The van der Waals surface area contributed by atoms with E-state index in [9.17, 15) is 15.0 Å². The number of phenolic OH excluding ortho intramolecular Hbond substituents is 1. The number of nitrogens with one attached hydrogen (secondary N) is 1. The van der Waals surface area contributed by atoms with Crippen LogP contribution in [-0.2, 0) is 6.61 Å². The van der Waals surface area contributed by atoms with Crippen molar-refractivity contribution in [1.82, 2.24) is 5.43 Å². The Balaban J connectivity index is 1.82. The number of hydrazone groups is 1. The standard InChI is InChI=1S/C20H15N3O3/c21-10-16-9-13(7-8-19(16)25)20(26)23-22-11-14-3-1-6-18-15(12-24)4-2-5-17(14)18/h1-9,11,24-25H,12H2,(H,23,26). The molecule has 0 heterocycles. The molecular formula is C20H15N3O3. The molecule has 3 rings (SSSR count). The van der Waals surface area contributed by atoms with E-state index in [0.29, 0.717) is 0 Å². The van der Waals surface area contributed by atoms with Crippen molar-refractivity contribution in [3.63, 3.8) is 0 Å². The predicted molar refractivity (Wildman–Crippen MR) is 97.8 cm³/mol. The first-order valence-corrected chi connectivity index (χ1v) is 7.82. The second-order valence-corrected chi connectivity index (χ2v) is 5.56. The largest absolute Gasteiger partial charge is 0.507 e. The van der Waals surface area contributed by atoms with Crippen LogP contribution in [0.2, 0.25) is 0 Å². The number of aromatic hydroxyl groups is 1. The number of hydrogen-bond acceptors (Lipinski definition) is 5. The number of phenols is 1. The quantitative estimate of drug-likeness (QED) is 0.499. The van der Waals surface area contributed by atoms with E-state index in [4.69, 9.17) is 5.26 Å².